The molecule has 0 spiro atoms. The Bertz CT molecular complexity index is 810. The Morgan fingerprint density at radius 3 is 2.78 bits per heavy atom. The Morgan fingerprint density at radius 1 is 1.26 bits per heavy atom. The van der Waals surface area contributed by atoms with Crippen LogP contribution in [-0.2, 0) is 6.42 Å². The van der Waals surface area contributed by atoms with E-state index in [-0.39, 0.29) is 5.91 Å². The number of hydrogen-bond acceptors (Lipinski definition) is 3. The summed E-state index contributed by atoms with van der Waals surface area (Å²) in [5.74, 6) is -0.0251. The molecule has 5 nitrogen and oxygen atoms in total. The molecule has 118 valence electrons. The minimum Gasteiger partial charge on any atom is -0.337 e. The van der Waals surface area contributed by atoms with Crippen LogP contribution in [0.5, 0.6) is 0 Å². The van der Waals surface area contributed by atoms with E-state index in [0.29, 0.717) is 18.8 Å². The number of nitrogens with zero attached hydrogens (tertiary/aromatic N) is 4. The van der Waals surface area contributed by atoms with Gasteiger partial charge in [-0.2, -0.15) is 0 Å². The van der Waals surface area contributed by atoms with E-state index in [1.165, 1.54) is 5.56 Å². The Hall–Kier alpha value is -2.69. The van der Waals surface area contributed by atoms with Crippen LogP contribution < -0.4 is 0 Å². The average molecular weight is 308 g/mol. The van der Waals surface area contributed by atoms with Crippen LogP contribution in [0.25, 0.3) is 5.65 Å². The first-order valence-electron chi connectivity index (χ1n) is 7.81. The van der Waals surface area contributed by atoms with Crippen LogP contribution in [0.2, 0.25) is 0 Å². The molecule has 23 heavy (non-hydrogen) atoms. The SMILES string of the molecule is CCN(CCc1ccncc1)C(=O)c1cn2ccc(C)cc2n1. The van der Waals surface area contributed by atoms with Crippen molar-refractivity contribution < 1.29 is 4.79 Å². The summed E-state index contributed by atoms with van der Waals surface area (Å²) in [6, 6.07) is 7.94. The standard InChI is InChI=1S/C18H20N4O/c1-3-21(11-7-15-4-8-19-9-5-15)18(23)16-13-22-10-6-14(2)12-17(22)20-16/h4-6,8-10,12-13H,3,7,11H2,1-2H3. The van der Waals surface area contributed by atoms with Gasteiger partial charge in [-0.3, -0.25) is 9.78 Å². The molecule has 0 unspecified atom stereocenters. The lowest BCUT2D eigenvalue weighted by Gasteiger charge is -2.19. The quantitative estimate of drug-likeness (QED) is 0.728. The minimum atomic E-state index is -0.0251. The fourth-order valence-electron chi connectivity index (χ4n) is 2.57. The lowest BCUT2D eigenvalue weighted by atomic mass is 10.2. The second kappa shape index (κ2) is 6.60. The largest absolute Gasteiger partial charge is 0.337 e. The van der Waals surface area contributed by atoms with Crippen molar-refractivity contribution in [2.24, 2.45) is 0 Å². The van der Waals surface area contributed by atoms with Crippen molar-refractivity contribution in [3.05, 3.63) is 65.9 Å². The van der Waals surface area contributed by atoms with Crippen LogP contribution in [0.15, 0.2) is 49.1 Å². The zero-order valence-electron chi connectivity index (χ0n) is 13.4. The Labute approximate surface area is 135 Å². The first-order chi connectivity index (χ1) is 11.2. The summed E-state index contributed by atoms with van der Waals surface area (Å²) in [7, 11) is 0. The van der Waals surface area contributed by atoms with Gasteiger partial charge in [0, 0.05) is 37.9 Å². The van der Waals surface area contributed by atoms with Gasteiger partial charge in [0.1, 0.15) is 11.3 Å². The van der Waals surface area contributed by atoms with Crippen LogP contribution >= 0.6 is 0 Å². The molecule has 5 heteroatoms. The molecular weight excluding hydrogens is 288 g/mol. The van der Waals surface area contributed by atoms with Crippen molar-refractivity contribution in [3.63, 3.8) is 0 Å². The Kier molecular flexibility index (Phi) is 4.37. The van der Waals surface area contributed by atoms with E-state index < -0.39 is 0 Å². The molecule has 3 aromatic rings. The summed E-state index contributed by atoms with van der Waals surface area (Å²) < 4.78 is 1.89. The van der Waals surface area contributed by atoms with Crippen molar-refractivity contribution in [2.45, 2.75) is 20.3 Å². The highest BCUT2D eigenvalue weighted by Crippen LogP contribution is 2.10. The molecule has 0 atom stereocenters. The van der Waals surface area contributed by atoms with Gasteiger partial charge in [0.25, 0.3) is 5.91 Å². The van der Waals surface area contributed by atoms with Gasteiger partial charge in [0.15, 0.2) is 0 Å². The van der Waals surface area contributed by atoms with Crippen LogP contribution in [0.3, 0.4) is 0 Å². The number of pyridine rings is 2. The Balaban J connectivity index is 1.75. The number of aromatic nitrogens is 3. The molecule has 0 N–H and O–H groups in total. The first-order valence-corrected chi connectivity index (χ1v) is 7.81. The monoisotopic (exact) mass is 308 g/mol. The third kappa shape index (κ3) is 3.39. The highest BCUT2D eigenvalue weighted by molar-refractivity contribution is 5.92. The molecule has 0 fully saturated rings. The first kappa shape index (κ1) is 15.2. The van der Waals surface area contributed by atoms with E-state index >= 15 is 0 Å². The summed E-state index contributed by atoms with van der Waals surface area (Å²) in [6.07, 6.45) is 8.10. The Morgan fingerprint density at radius 2 is 2.04 bits per heavy atom. The summed E-state index contributed by atoms with van der Waals surface area (Å²) in [5, 5.41) is 0. The summed E-state index contributed by atoms with van der Waals surface area (Å²) >= 11 is 0. The normalized spacial score (nSPS) is 10.9. The number of amides is 1. The van der Waals surface area contributed by atoms with E-state index in [4.69, 9.17) is 0 Å². The van der Waals surface area contributed by atoms with Gasteiger partial charge in [-0.05, 0) is 55.7 Å². The predicted octanol–water partition coefficient (Wildman–Crippen LogP) is 2.74. The van der Waals surface area contributed by atoms with Crippen molar-refractivity contribution in [1.82, 2.24) is 19.3 Å². The highest BCUT2D eigenvalue weighted by atomic mass is 16.2. The minimum absolute atomic E-state index is 0.0251. The number of rotatable bonds is 5. The molecule has 0 radical (unpaired) electrons. The van der Waals surface area contributed by atoms with Gasteiger partial charge < -0.3 is 9.30 Å². The number of aryl methyl sites for hydroxylation is 1. The number of fused-ring (bicyclic) bond motifs is 1. The predicted molar refractivity (Wildman–Crippen MR) is 89.4 cm³/mol. The van der Waals surface area contributed by atoms with E-state index in [0.717, 1.165) is 17.6 Å². The van der Waals surface area contributed by atoms with Crippen molar-refractivity contribution in [3.8, 4) is 0 Å². The van der Waals surface area contributed by atoms with E-state index in [1.807, 2.05) is 53.6 Å². The molecule has 0 aromatic carbocycles. The van der Waals surface area contributed by atoms with Gasteiger partial charge >= 0.3 is 0 Å². The third-order valence-corrected chi connectivity index (χ3v) is 3.92. The van der Waals surface area contributed by atoms with Gasteiger partial charge in [-0.25, -0.2) is 4.98 Å². The fourth-order valence-corrected chi connectivity index (χ4v) is 2.57. The van der Waals surface area contributed by atoms with Gasteiger partial charge in [0.2, 0.25) is 0 Å². The molecule has 0 aliphatic rings. The summed E-state index contributed by atoms with van der Waals surface area (Å²) in [4.78, 5) is 23.0. The van der Waals surface area contributed by atoms with Gasteiger partial charge in [-0.1, -0.05) is 0 Å². The second-order valence-corrected chi connectivity index (χ2v) is 5.59. The van der Waals surface area contributed by atoms with Gasteiger partial charge in [0.05, 0.1) is 0 Å². The lowest BCUT2D eigenvalue weighted by Crippen LogP contribution is -2.33. The van der Waals surface area contributed by atoms with Gasteiger partial charge in [-0.15, -0.1) is 0 Å². The molecular formula is C18H20N4O. The molecule has 1 amide bonds. The van der Waals surface area contributed by atoms with Crippen molar-refractivity contribution in [2.75, 3.05) is 13.1 Å². The molecule has 3 aromatic heterocycles. The number of hydrogen-bond donors (Lipinski definition) is 0. The lowest BCUT2D eigenvalue weighted by molar-refractivity contribution is 0.0761. The number of carbonyl (C=O) groups is 1. The van der Waals surface area contributed by atoms with E-state index in [9.17, 15) is 4.79 Å². The topological polar surface area (TPSA) is 50.5 Å². The number of likely N-dealkylation sites (N-methyl/N-ethyl adjacent to an activating group) is 1. The highest BCUT2D eigenvalue weighted by Gasteiger charge is 2.17. The van der Waals surface area contributed by atoms with E-state index in [2.05, 4.69) is 9.97 Å². The van der Waals surface area contributed by atoms with Crippen LogP contribution in [0.4, 0.5) is 0 Å². The van der Waals surface area contributed by atoms with Crippen LogP contribution in [0.1, 0.15) is 28.5 Å². The zero-order chi connectivity index (χ0) is 16.2. The van der Waals surface area contributed by atoms with Crippen LogP contribution in [-0.4, -0.2) is 38.3 Å². The second-order valence-electron chi connectivity index (χ2n) is 5.59. The maximum Gasteiger partial charge on any atom is 0.274 e. The fraction of sp³-hybridized carbons (Fsp3) is 0.278. The van der Waals surface area contributed by atoms with E-state index in [1.54, 1.807) is 18.6 Å². The number of carbonyl (C=O) groups excluding carboxylic acids is 1. The summed E-state index contributed by atoms with van der Waals surface area (Å²) in [5.41, 5.74) is 3.61. The average Bonchev–Trinajstić information content (AvgIpc) is 2.99. The molecule has 0 bridgehead atoms. The number of imidazole rings is 1. The summed E-state index contributed by atoms with van der Waals surface area (Å²) in [6.45, 7) is 5.34. The maximum absolute atomic E-state index is 12.7. The zero-order valence-corrected chi connectivity index (χ0v) is 13.4. The molecule has 0 saturated carbocycles. The maximum atomic E-state index is 12.7. The molecule has 3 heterocycles. The van der Waals surface area contributed by atoms with Crippen molar-refractivity contribution in [1.29, 1.82) is 0 Å². The third-order valence-electron chi connectivity index (χ3n) is 3.92. The molecule has 0 aliphatic carbocycles. The molecule has 0 aliphatic heterocycles. The molecule has 3 rings (SSSR count). The smallest absolute Gasteiger partial charge is 0.274 e. The van der Waals surface area contributed by atoms with Crippen LogP contribution in [0, 0.1) is 6.92 Å². The molecule has 0 saturated heterocycles. The van der Waals surface area contributed by atoms with Crippen molar-refractivity contribution >= 4 is 11.6 Å².